The third-order valence-electron chi connectivity index (χ3n) is 6.72. The summed E-state index contributed by atoms with van der Waals surface area (Å²) in [5, 5.41) is 6.03. The molecule has 4 aromatic rings. The molecule has 0 spiro atoms. The van der Waals surface area contributed by atoms with Gasteiger partial charge in [0.2, 0.25) is 5.95 Å². The Morgan fingerprint density at radius 1 is 1.06 bits per heavy atom. The minimum Gasteiger partial charge on any atom is -0.378 e. The van der Waals surface area contributed by atoms with Crippen LogP contribution in [0.1, 0.15) is 23.2 Å². The van der Waals surface area contributed by atoms with E-state index in [0.29, 0.717) is 30.5 Å². The normalized spacial score (nSPS) is 15.8. The summed E-state index contributed by atoms with van der Waals surface area (Å²) in [5.41, 5.74) is 5.40. The van der Waals surface area contributed by atoms with Gasteiger partial charge in [-0.2, -0.15) is 4.98 Å². The van der Waals surface area contributed by atoms with Crippen LogP contribution < -0.4 is 15.5 Å². The summed E-state index contributed by atoms with van der Waals surface area (Å²) in [7, 11) is 1.62. The minimum atomic E-state index is -0.115. The molecule has 1 saturated carbocycles. The molecule has 1 aliphatic heterocycles. The first kappa shape index (κ1) is 22.5. The molecule has 36 heavy (non-hydrogen) atoms. The Balaban J connectivity index is 1.33. The second kappa shape index (κ2) is 9.58. The SMILES string of the molecule is CNC(=O)c1ccc(Nc2cc(-c3ccc4c(c3)ncn4CC3CC3)nc(N3CCOCC3)n2)cc1. The number of amides is 1. The number of nitrogens with zero attached hydrogens (tertiary/aromatic N) is 5. The molecule has 0 atom stereocenters. The number of fused-ring (bicyclic) bond motifs is 1. The van der Waals surface area contributed by atoms with Crippen molar-refractivity contribution in [3.8, 4) is 11.3 Å². The van der Waals surface area contributed by atoms with Crippen molar-refractivity contribution in [3.05, 3.63) is 60.4 Å². The lowest BCUT2D eigenvalue weighted by Crippen LogP contribution is -2.37. The highest BCUT2D eigenvalue weighted by molar-refractivity contribution is 5.94. The number of morpholine rings is 1. The van der Waals surface area contributed by atoms with E-state index in [-0.39, 0.29) is 5.91 Å². The van der Waals surface area contributed by atoms with E-state index in [9.17, 15) is 4.79 Å². The van der Waals surface area contributed by atoms with Crippen LogP contribution in [0, 0.1) is 5.92 Å². The maximum absolute atomic E-state index is 11.9. The number of rotatable bonds is 7. The van der Waals surface area contributed by atoms with Gasteiger partial charge >= 0.3 is 0 Å². The molecule has 1 amide bonds. The molecule has 3 heterocycles. The summed E-state index contributed by atoms with van der Waals surface area (Å²) in [6, 6.07) is 15.6. The van der Waals surface area contributed by atoms with Crippen molar-refractivity contribution in [1.29, 1.82) is 0 Å². The van der Waals surface area contributed by atoms with Gasteiger partial charge in [-0.15, -0.1) is 0 Å². The van der Waals surface area contributed by atoms with E-state index in [4.69, 9.17) is 14.7 Å². The van der Waals surface area contributed by atoms with Gasteiger partial charge < -0.3 is 24.8 Å². The van der Waals surface area contributed by atoms with E-state index >= 15 is 0 Å². The lowest BCUT2D eigenvalue weighted by atomic mass is 10.1. The van der Waals surface area contributed by atoms with Crippen LogP contribution in [0.25, 0.3) is 22.3 Å². The van der Waals surface area contributed by atoms with Gasteiger partial charge in [0, 0.05) is 49.6 Å². The zero-order chi connectivity index (χ0) is 24.5. The van der Waals surface area contributed by atoms with E-state index in [1.807, 2.05) is 24.5 Å². The molecule has 2 aromatic carbocycles. The molecular formula is C27H29N7O2. The Morgan fingerprint density at radius 2 is 1.86 bits per heavy atom. The molecule has 0 bridgehead atoms. The largest absolute Gasteiger partial charge is 0.378 e. The fraction of sp³-hybridized carbons (Fsp3) is 0.333. The lowest BCUT2D eigenvalue weighted by Gasteiger charge is -2.27. The van der Waals surface area contributed by atoms with E-state index in [1.165, 1.54) is 12.8 Å². The molecule has 6 rings (SSSR count). The number of aromatic nitrogens is 4. The van der Waals surface area contributed by atoms with Crippen LogP contribution in [0.15, 0.2) is 54.9 Å². The fourth-order valence-corrected chi connectivity index (χ4v) is 4.50. The van der Waals surface area contributed by atoms with Crippen molar-refractivity contribution in [2.24, 2.45) is 5.92 Å². The Hall–Kier alpha value is -3.98. The number of anilines is 3. The standard InChI is InChI=1S/C27H29N7O2/c1-28-26(35)19-4-7-21(8-5-19)30-25-15-22(31-27(32-25)33-10-12-36-13-11-33)20-6-9-24-23(14-20)29-17-34(24)16-18-2-3-18/h4-9,14-15,17-18H,2-3,10-13,16H2,1H3,(H,28,35)(H,30,31,32). The van der Waals surface area contributed by atoms with E-state index in [0.717, 1.165) is 53.5 Å². The molecule has 184 valence electrons. The van der Waals surface area contributed by atoms with Crippen LogP contribution in [0.4, 0.5) is 17.5 Å². The highest BCUT2D eigenvalue weighted by Gasteiger charge is 2.22. The Morgan fingerprint density at radius 3 is 2.61 bits per heavy atom. The zero-order valence-electron chi connectivity index (χ0n) is 20.3. The van der Waals surface area contributed by atoms with Crippen LogP contribution in [-0.4, -0.2) is 58.8 Å². The number of imidazole rings is 1. The Kier molecular flexibility index (Phi) is 5.98. The van der Waals surface area contributed by atoms with E-state index in [2.05, 4.69) is 43.3 Å². The van der Waals surface area contributed by atoms with Crippen LogP contribution in [-0.2, 0) is 11.3 Å². The van der Waals surface area contributed by atoms with Crippen LogP contribution in [0.5, 0.6) is 0 Å². The molecule has 0 radical (unpaired) electrons. The molecule has 0 unspecified atom stereocenters. The molecule has 1 saturated heterocycles. The second-order valence-corrected chi connectivity index (χ2v) is 9.36. The van der Waals surface area contributed by atoms with Crippen LogP contribution in [0.2, 0.25) is 0 Å². The monoisotopic (exact) mass is 483 g/mol. The molecule has 2 N–H and O–H groups in total. The summed E-state index contributed by atoms with van der Waals surface area (Å²) >= 11 is 0. The van der Waals surface area contributed by atoms with Gasteiger partial charge in [-0.05, 0) is 55.2 Å². The molecular weight excluding hydrogens is 454 g/mol. The predicted molar refractivity (Wildman–Crippen MR) is 140 cm³/mol. The molecule has 2 aliphatic rings. The Bertz CT molecular complexity index is 1390. The van der Waals surface area contributed by atoms with Gasteiger partial charge in [0.1, 0.15) is 5.82 Å². The van der Waals surface area contributed by atoms with Crippen molar-refractivity contribution in [3.63, 3.8) is 0 Å². The zero-order valence-corrected chi connectivity index (χ0v) is 20.3. The van der Waals surface area contributed by atoms with Crippen molar-refractivity contribution >= 4 is 34.4 Å². The lowest BCUT2D eigenvalue weighted by molar-refractivity contribution is 0.0963. The molecule has 9 nitrogen and oxygen atoms in total. The predicted octanol–water partition coefficient (Wildman–Crippen LogP) is 3.84. The summed E-state index contributed by atoms with van der Waals surface area (Å²) in [6.45, 7) is 3.84. The Labute approximate surface area is 209 Å². The maximum Gasteiger partial charge on any atom is 0.251 e. The van der Waals surface area contributed by atoms with Gasteiger partial charge in [-0.25, -0.2) is 9.97 Å². The van der Waals surface area contributed by atoms with Gasteiger partial charge in [0.15, 0.2) is 0 Å². The topological polar surface area (TPSA) is 97.2 Å². The van der Waals surface area contributed by atoms with Gasteiger partial charge in [-0.3, -0.25) is 4.79 Å². The van der Waals surface area contributed by atoms with Crippen molar-refractivity contribution in [2.45, 2.75) is 19.4 Å². The number of carbonyl (C=O) groups is 1. The first-order valence-electron chi connectivity index (χ1n) is 12.4. The molecule has 1 aliphatic carbocycles. The summed E-state index contributed by atoms with van der Waals surface area (Å²) in [4.78, 5) is 28.4. The number of carbonyl (C=O) groups excluding carboxylic acids is 1. The first-order chi connectivity index (χ1) is 17.7. The molecule has 2 fully saturated rings. The minimum absolute atomic E-state index is 0.115. The summed E-state index contributed by atoms with van der Waals surface area (Å²) in [5.74, 6) is 2.03. The molecule has 2 aromatic heterocycles. The van der Waals surface area contributed by atoms with Crippen molar-refractivity contribution in [1.82, 2.24) is 24.8 Å². The quantitative estimate of drug-likeness (QED) is 0.412. The van der Waals surface area contributed by atoms with Gasteiger partial charge in [-0.1, -0.05) is 6.07 Å². The van der Waals surface area contributed by atoms with Crippen LogP contribution >= 0.6 is 0 Å². The van der Waals surface area contributed by atoms with Crippen LogP contribution in [0.3, 0.4) is 0 Å². The van der Waals surface area contributed by atoms with Gasteiger partial charge in [0.05, 0.1) is 36.3 Å². The maximum atomic E-state index is 11.9. The second-order valence-electron chi connectivity index (χ2n) is 9.36. The van der Waals surface area contributed by atoms with Crippen molar-refractivity contribution < 1.29 is 9.53 Å². The average molecular weight is 484 g/mol. The third kappa shape index (κ3) is 4.74. The summed E-state index contributed by atoms with van der Waals surface area (Å²) < 4.78 is 7.78. The molecule has 9 heteroatoms. The highest BCUT2D eigenvalue weighted by atomic mass is 16.5. The number of nitrogens with one attached hydrogen (secondary N) is 2. The smallest absolute Gasteiger partial charge is 0.251 e. The first-order valence-corrected chi connectivity index (χ1v) is 12.4. The van der Waals surface area contributed by atoms with Crippen molar-refractivity contribution in [2.75, 3.05) is 43.6 Å². The summed E-state index contributed by atoms with van der Waals surface area (Å²) in [6.07, 6.45) is 4.57. The number of ether oxygens (including phenoxy) is 1. The number of benzene rings is 2. The fourth-order valence-electron chi connectivity index (χ4n) is 4.50. The van der Waals surface area contributed by atoms with E-state index in [1.54, 1.807) is 19.2 Å². The number of hydrogen-bond donors (Lipinski definition) is 2. The third-order valence-corrected chi connectivity index (χ3v) is 6.72. The highest BCUT2D eigenvalue weighted by Crippen LogP contribution is 2.33. The average Bonchev–Trinajstić information content (AvgIpc) is 3.66. The number of hydrogen-bond acceptors (Lipinski definition) is 7. The van der Waals surface area contributed by atoms with E-state index < -0.39 is 0 Å². The van der Waals surface area contributed by atoms with Gasteiger partial charge in [0.25, 0.3) is 5.91 Å².